The number of carboxylic acid groups (broad SMARTS) is 1. The Kier molecular flexibility index (Phi) is 6.52. The summed E-state index contributed by atoms with van der Waals surface area (Å²) >= 11 is 0. The van der Waals surface area contributed by atoms with Crippen LogP contribution in [0.5, 0.6) is 0 Å². The zero-order valence-electron chi connectivity index (χ0n) is 12.2. The van der Waals surface area contributed by atoms with Gasteiger partial charge < -0.3 is 19.9 Å². The van der Waals surface area contributed by atoms with Gasteiger partial charge in [0.05, 0.1) is 13.0 Å². The highest BCUT2D eigenvalue weighted by molar-refractivity contribution is 5.83. The van der Waals surface area contributed by atoms with Crippen molar-refractivity contribution in [2.24, 2.45) is 0 Å². The highest BCUT2D eigenvalue weighted by Gasteiger charge is 2.45. The lowest BCUT2D eigenvalue weighted by atomic mass is 10.1. The minimum atomic E-state index is -4.03. The molecule has 0 heterocycles. The number of nitrogens with one attached hydrogen (secondary N) is 1. The number of aliphatic carboxylic acids is 1. The molecule has 0 rings (SSSR count). The van der Waals surface area contributed by atoms with Gasteiger partial charge in [-0.2, -0.15) is 8.78 Å². The van der Waals surface area contributed by atoms with Gasteiger partial charge in [-0.05, 0) is 27.7 Å². The second-order valence-electron chi connectivity index (χ2n) is 5.17. The van der Waals surface area contributed by atoms with Gasteiger partial charge in [-0.25, -0.2) is 14.4 Å². The number of hydrogen-bond donors (Lipinski definition) is 2. The molecule has 0 aliphatic heterocycles. The van der Waals surface area contributed by atoms with Crippen LogP contribution in [0.1, 0.15) is 34.1 Å². The summed E-state index contributed by atoms with van der Waals surface area (Å²) in [5, 5.41) is 10.6. The van der Waals surface area contributed by atoms with E-state index in [2.05, 4.69) is 4.74 Å². The predicted octanol–water partition coefficient (Wildman–Crippen LogP) is 1.55. The number of alkyl carbamates (subject to hydrolysis) is 1. The van der Waals surface area contributed by atoms with Gasteiger partial charge in [0.2, 0.25) is 0 Å². The van der Waals surface area contributed by atoms with Gasteiger partial charge in [-0.1, -0.05) is 0 Å². The molecule has 0 unspecified atom stereocenters. The van der Waals surface area contributed by atoms with E-state index in [0.717, 1.165) is 0 Å². The quantitative estimate of drug-likeness (QED) is 0.722. The first-order chi connectivity index (χ1) is 9.39. The standard InChI is InChI=1S/C12H19F2NO6/c1-5-20-9(18)12(13,14)6-7(8(16)17)15-10(19)21-11(2,3)4/h7H,5-6H2,1-4H3,(H,15,19)(H,16,17)/t7-/m0/s1. The lowest BCUT2D eigenvalue weighted by Crippen LogP contribution is -2.48. The Hall–Kier alpha value is -1.93. The number of carboxylic acids is 1. The zero-order valence-corrected chi connectivity index (χ0v) is 12.2. The number of esters is 1. The van der Waals surface area contributed by atoms with E-state index >= 15 is 0 Å². The van der Waals surface area contributed by atoms with Crippen molar-refractivity contribution in [1.29, 1.82) is 0 Å². The van der Waals surface area contributed by atoms with Crippen molar-refractivity contribution in [2.45, 2.75) is 51.7 Å². The van der Waals surface area contributed by atoms with E-state index in [1.807, 2.05) is 0 Å². The molecule has 2 N–H and O–H groups in total. The Balaban J connectivity index is 4.82. The maximum atomic E-state index is 13.5. The van der Waals surface area contributed by atoms with Crippen LogP contribution in [0.15, 0.2) is 0 Å². The molecule has 0 aromatic heterocycles. The molecule has 0 aromatic carbocycles. The zero-order chi connectivity index (χ0) is 16.8. The highest BCUT2D eigenvalue weighted by Crippen LogP contribution is 2.23. The molecular formula is C12H19F2NO6. The fourth-order valence-corrected chi connectivity index (χ4v) is 1.23. The van der Waals surface area contributed by atoms with Crippen LogP contribution in [0.2, 0.25) is 0 Å². The van der Waals surface area contributed by atoms with Gasteiger partial charge in [0, 0.05) is 0 Å². The summed E-state index contributed by atoms with van der Waals surface area (Å²) in [5.74, 6) is -7.60. The molecule has 0 spiro atoms. The minimum Gasteiger partial charge on any atom is -0.480 e. The Labute approximate surface area is 120 Å². The fourth-order valence-electron chi connectivity index (χ4n) is 1.23. The van der Waals surface area contributed by atoms with Crippen LogP contribution in [0.4, 0.5) is 13.6 Å². The SMILES string of the molecule is CCOC(=O)C(F)(F)C[C@H](NC(=O)OC(C)(C)C)C(=O)O. The van der Waals surface area contributed by atoms with Crippen molar-refractivity contribution in [3.63, 3.8) is 0 Å². The third-order valence-corrected chi connectivity index (χ3v) is 2.02. The number of alkyl halides is 2. The lowest BCUT2D eigenvalue weighted by Gasteiger charge is -2.23. The largest absolute Gasteiger partial charge is 0.480 e. The molecule has 0 aromatic rings. The molecule has 9 heteroatoms. The molecule has 7 nitrogen and oxygen atoms in total. The minimum absolute atomic E-state index is 0.272. The Morgan fingerprint density at radius 2 is 1.76 bits per heavy atom. The third kappa shape index (κ3) is 7.42. The molecule has 0 bridgehead atoms. The van der Waals surface area contributed by atoms with Crippen LogP contribution in [-0.2, 0) is 19.1 Å². The maximum absolute atomic E-state index is 13.5. The van der Waals surface area contributed by atoms with Gasteiger partial charge in [0.25, 0.3) is 0 Å². The van der Waals surface area contributed by atoms with Gasteiger partial charge in [-0.3, -0.25) is 0 Å². The van der Waals surface area contributed by atoms with E-state index in [0.29, 0.717) is 0 Å². The van der Waals surface area contributed by atoms with E-state index in [4.69, 9.17) is 9.84 Å². The number of carbonyl (C=O) groups excluding carboxylic acids is 2. The first kappa shape index (κ1) is 19.1. The monoisotopic (exact) mass is 311 g/mol. The second kappa shape index (κ2) is 7.19. The van der Waals surface area contributed by atoms with E-state index < -0.39 is 42.0 Å². The molecule has 21 heavy (non-hydrogen) atoms. The average molecular weight is 311 g/mol. The van der Waals surface area contributed by atoms with Crippen molar-refractivity contribution >= 4 is 18.0 Å². The average Bonchev–Trinajstić information content (AvgIpc) is 2.25. The van der Waals surface area contributed by atoms with Crippen LogP contribution < -0.4 is 5.32 Å². The molecular weight excluding hydrogens is 292 g/mol. The van der Waals surface area contributed by atoms with Gasteiger partial charge in [0.1, 0.15) is 11.6 Å². The Morgan fingerprint density at radius 1 is 1.24 bits per heavy atom. The van der Waals surface area contributed by atoms with Crippen LogP contribution >= 0.6 is 0 Å². The normalized spacial score (nSPS) is 13.2. The van der Waals surface area contributed by atoms with Crippen LogP contribution in [-0.4, -0.2) is 47.3 Å². The van der Waals surface area contributed by atoms with Crippen molar-refractivity contribution in [3.05, 3.63) is 0 Å². The number of rotatable bonds is 6. The highest BCUT2D eigenvalue weighted by atomic mass is 19.3. The molecule has 0 saturated carbocycles. The summed E-state index contributed by atoms with van der Waals surface area (Å²) < 4.78 is 35.9. The van der Waals surface area contributed by atoms with Crippen molar-refractivity contribution in [3.8, 4) is 0 Å². The molecule has 0 radical (unpaired) electrons. The predicted molar refractivity (Wildman–Crippen MR) is 67.0 cm³/mol. The number of hydrogen-bond acceptors (Lipinski definition) is 5. The first-order valence-corrected chi connectivity index (χ1v) is 6.16. The third-order valence-electron chi connectivity index (χ3n) is 2.02. The van der Waals surface area contributed by atoms with Gasteiger partial charge in [0.15, 0.2) is 0 Å². The summed E-state index contributed by atoms with van der Waals surface area (Å²) in [4.78, 5) is 33.3. The number of halogens is 2. The van der Waals surface area contributed by atoms with Gasteiger partial charge >= 0.3 is 24.0 Å². The van der Waals surface area contributed by atoms with Crippen LogP contribution in [0.25, 0.3) is 0 Å². The van der Waals surface area contributed by atoms with Crippen molar-refractivity contribution in [1.82, 2.24) is 5.32 Å². The number of ether oxygens (including phenoxy) is 2. The summed E-state index contributed by atoms with van der Waals surface area (Å²) in [5.41, 5.74) is -0.920. The summed E-state index contributed by atoms with van der Waals surface area (Å²) in [6.45, 7) is 5.63. The van der Waals surface area contributed by atoms with Crippen LogP contribution in [0.3, 0.4) is 0 Å². The number of amides is 1. The molecule has 0 aliphatic rings. The first-order valence-electron chi connectivity index (χ1n) is 6.16. The summed E-state index contributed by atoms with van der Waals surface area (Å²) in [6.07, 6.45) is -2.60. The molecule has 0 fully saturated rings. The maximum Gasteiger partial charge on any atom is 0.408 e. The molecule has 0 saturated heterocycles. The smallest absolute Gasteiger partial charge is 0.408 e. The van der Waals surface area contributed by atoms with E-state index in [1.54, 1.807) is 5.32 Å². The number of carbonyl (C=O) groups is 3. The van der Waals surface area contributed by atoms with Crippen molar-refractivity contribution < 1.29 is 37.7 Å². The van der Waals surface area contributed by atoms with E-state index in [9.17, 15) is 23.2 Å². The second-order valence-corrected chi connectivity index (χ2v) is 5.17. The molecule has 122 valence electrons. The summed E-state index contributed by atoms with van der Waals surface area (Å²) in [7, 11) is 0. The topological polar surface area (TPSA) is 102 Å². The molecule has 1 atom stereocenters. The van der Waals surface area contributed by atoms with Crippen molar-refractivity contribution in [2.75, 3.05) is 6.61 Å². The van der Waals surface area contributed by atoms with E-state index in [1.165, 1.54) is 27.7 Å². The summed E-state index contributed by atoms with van der Waals surface area (Å²) in [6, 6.07) is -1.99. The van der Waals surface area contributed by atoms with Gasteiger partial charge in [-0.15, -0.1) is 0 Å². The fraction of sp³-hybridized carbons (Fsp3) is 0.750. The molecule has 1 amide bonds. The van der Waals surface area contributed by atoms with Crippen LogP contribution in [0, 0.1) is 0 Å². The lowest BCUT2D eigenvalue weighted by molar-refractivity contribution is -0.174. The van der Waals surface area contributed by atoms with E-state index in [-0.39, 0.29) is 6.61 Å². The Bertz CT molecular complexity index is 405. The Morgan fingerprint density at radius 3 is 2.14 bits per heavy atom. The molecule has 0 aliphatic carbocycles.